The van der Waals surface area contributed by atoms with Crippen LogP contribution < -0.4 is 10.1 Å². The standard InChI is InChI=1S/C14H18ClNO2/c1-18-11-6-5-10-3-2-4-13(12(10)9-11)16-14(17)7-8-15/h5-6,9,13H,2-4,7-8H2,1H3,(H,16,17)/t13-/m0/s1. The number of halogens is 1. The van der Waals surface area contributed by atoms with Crippen molar-refractivity contribution in [2.24, 2.45) is 0 Å². The van der Waals surface area contributed by atoms with E-state index in [1.54, 1.807) is 7.11 Å². The number of alkyl halides is 1. The average molecular weight is 268 g/mol. The van der Waals surface area contributed by atoms with Crippen LogP contribution in [0.5, 0.6) is 5.75 Å². The normalized spacial score (nSPS) is 18.0. The Labute approximate surface area is 112 Å². The van der Waals surface area contributed by atoms with E-state index in [-0.39, 0.29) is 11.9 Å². The Hall–Kier alpha value is -1.22. The molecule has 0 spiro atoms. The minimum absolute atomic E-state index is 0.0191. The summed E-state index contributed by atoms with van der Waals surface area (Å²) in [5.41, 5.74) is 2.49. The molecule has 2 rings (SSSR count). The molecule has 0 aliphatic heterocycles. The Bertz CT molecular complexity index is 434. The number of carbonyl (C=O) groups excluding carboxylic acids is 1. The first-order valence-corrected chi connectivity index (χ1v) is 6.80. The number of fused-ring (bicyclic) bond motifs is 1. The predicted octanol–water partition coefficient (Wildman–Crippen LogP) is 2.82. The van der Waals surface area contributed by atoms with Crippen molar-refractivity contribution in [2.45, 2.75) is 31.7 Å². The molecule has 0 unspecified atom stereocenters. The molecule has 1 aromatic rings. The first-order valence-electron chi connectivity index (χ1n) is 6.26. The highest BCUT2D eigenvalue weighted by Crippen LogP contribution is 2.32. The molecule has 3 nitrogen and oxygen atoms in total. The number of carbonyl (C=O) groups is 1. The molecule has 1 N–H and O–H groups in total. The summed E-state index contributed by atoms with van der Waals surface area (Å²) in [5.74, 6) is 1.22. The van der Waals surface area contributed by atoms with Gasteiger partial charge in [-0.1, -0.05) is 6.07 Å². The van der Waals surface area contributed by atoms with Gasteiger partial charge in [0.1, 0.15) is 5.75 Å². The molecule has 0 bridgehead atoms. The predicted molar refractivity (Wildman–Crippen MR) is 72.2 cm³/mol. The van der Waals surface area contributed by atoms with Crippen molar-refractivity contribution in [2.75, 3.05) is 13.0 Å². The lowest BCUT2D eigenvalue weighted by Crippen LogP contribution is -2.31. The lowest BCUT2D eigenvalue weighted by Gasteiger charge is -2.26. The van der Waals surface area contributed by atoms with E-state index in [1.807, 2.05) is 12.1 Å². The van der Waals surface area contributed by atoms with Crippen LogP contribution >= 0.6 is 11.6 Å². The lowest BCUT2D eigenvalue weighted by atomic mass is 9.87. The lowest BCUT2D eigenvalue weighted by molar-refractivity contribution is -0.121. The molecule has 0 saturated heterocycles. The summed E-state index contributed by atoms with van der Waals surface area (Å²) in [4.78, 5) is 11.6. The van der Waals surface area contributed by atoms with E-state index in [9.17, 15) is 4.79 Å². The number of hydrogen-bond donors (Lipinski definition) is 1. The van der Waals surface area contributed by atoms with E-state index in [0.29, 0.717) is 12.3 Å². The van der Waals surface area contributed by atoms with E-state index in [0.717, 1.165) is 25.0 Å². The molecular weight excluding hydrogens is 250 g/mol. The topological polar surface area (TPSA) is 38.3 Å². The number of ether oxygens (including phenoxy) is 1. The van der Waals surface area contributed by atoms with E-state index in [2.05, 4.69) is 11.4 Å². The maximum absolute atomic E-state index is 11.6. The Morgan fingerprint density at radius 2 is 2.39 bits per heavy atom. The second-order valence-electron chi connectivity index (χ2n) is 4.52. The molecule has 1 aromatic carbocycles. The van der Waals surface area contributed by atoms with Gasteiger partial charge in [0.05, 0.1) is 13.2 Å². The van der Waals surface area contributed by atoms with Gasteiger partial charge < -0.3 is 10.1 Å². The van der Waals surface area contributed by atoms with Crippen molar-refractivity contribution in [3.05, 3.63) is 29.3 Å². The molecule has 1 amide bonds. The van der Waals surface area contributed by atoms with Crippen LogP contribution in [0.1, 0.15) is 36.4 Å². The van der Waals surface area contributed by atoms with Crippen molar-refractivity contribution >= 4 is 17.5 Å². The van der Waals surface area contributed by atoms with Gasteiger partial charge >= 0.3 is 0 Å². The van der Waals surface area contributed by atoms with Crippen molar-refractivity contribution in [1.29, 1.82) is 0 Å². The fraction of sp³-hybridized carbons (Fsp3) is 0.500. The number of nitrogens with one attached hydrogen (secondary N) is 1. The second kappa shape index (κ2) is 6.10. The van der Waals surface area contributed by atoms with Gasteiger partial charge in [-0.15, -0.1) is 11.6 Å². The zero-order valence-electron chi connectivity index (χ0n) is 10.5. The summed E-state index contributed by atoms with van der Waals surface area (Å²) in [6.45, 7) is 0. The summed E-state index contributed by atoms with van der Waals surface area (Å²) >= 11 is 5.58. The zero-order chi connectivity index (χ0) is 13.0. The largest absolute Gasteiger partial charge is 0.497 e. The quantitative estimate of drug-likeness (QED) is 0.852. The number of amides is 1. The minimum atomic E-state index is 0.0191. The van der Waals surface area contributed by atoms with Crippen LogP contribution in [0.3, 0.4) is 0 Å². The number of hydrogen-bond acceptors (Lipinski definition) is 2. The van der Waals surface area contributed by atoms with Crippen LogP contribution in [-0.2, 0) is 11.2 Å². The van der Waals surface area contributed by atoms with Crippen LogP contribution in [0.2, 0.25) is 0 Å². The summed E-state index contributed by atoms with van der Waals surface area (Å²) in [7, 11) is 1.66. The van der Waals surface area contributed by atoms with E-state index < -0.39 is 0 Å². The minimum Gasteiger partial charge on any atom is -0.497 e. The molecule has 98 valence electrons. The summed E-state index contributed by atoms with van der Waals surface area (Å²) < 4.78 is 5.25. The Kier molecular flexibility index (Phi) is 4.48. The van der Waals surface area contributed by atoms with Gasteiger partial charge in [-0.2, -0.15) is 0 Å². The van der Waals surface area contributed by atoms with E-state index in [4.69, 9.17) is 16.3 Å². The molecule has 4 heteroatoms. The molecule has 0 heterocycles. The maximum Gasteiger partial charge on any atom is 0.221 e. The fourth-order valence-electron chi connectivity index (χ4n) is 2.41. The Morgan fingerprint density at radius 1 is 1.56 bits per heavy atom. The zero-order valence-corrected chi connectivity index (χ0v) is 11.3. The maximum atomic E-state index is 11.6. The van der Waals surface area contributed by atoms with E-state index >= 15 is 0 Å². The van der Waals surface area contributed by atoms with Crippen LogP contribution in [0.25, 0.3) is 0 Å². The Balaban J connectivity index is 2.18. The van der Waals surface area contributed by atoms with Gasteiger partial charge in [-0.3, -0.25) is 4.79 Å². The van der Waals surface area contributed by atoms with Gasteiger partial charge in [-0.25, -0.2) is 0 Å². The van der Waals surface area contributed by atoms with E-state index in [1.165, 1.54) is 11.1 Å². The summed E-state index contributed by atoms with van der Waals surface area (Å²) in [6.07, 6.45) is 3.53. The van der Waals surface area contributed by atoms with Gasteiger partial charge in [-0.05, 0) is 42.5 Å². The third-order valence-electron chi connectivity index (χ3n) is 3.32. The van der Waals surface area contributed by atoms with Gasteiger partial charge in [0.2, 0.25) is 5.91 Å². The summed E-state index contributed by atoms with van der Waals surface area (Å²) in [5, 5.41) is 3.05. The van der Waals surface area contributed by atoms with Crippen molar-refractivity contribution in [1.82, 2.24) is 5.32 Å². The molecule has 0 aromatic heterocycles. The molecule has 18 heavy (non-hydrogen) atoms. The second-order valence-corrected chi connectivity index (χ2v) is 4.89. The number of benzene rings is 1. The fourth-order valence-corrected chi connectivity index (χ4v) is 2.58. The molecule has 1 aliphatic carbocycles. The third kappa shape index (κ3) is 2.96. The smallest absolute Gasteiger partial charge is 0.221 e. The Morgan fingerprint density at radius 3 is 3.11 bits per heavy atom. The monoisotopic (exact) mass is 267 g/mol. The molecule has 0 saturated carbocycles. The average Bonchev–Trinajstić information content (AvgIpc) is 2.39. The number of rotatable bonds is 4. The molecule has 0 fully saturated rings. The van der Waals surface area contributed by atoms with Crippen LogP contribution in [-0.4, -0.2) is 18.9 Å². The van der Waals surface area contributed by atoms with Crippen molar-refractivity contribution in [3.8, 4) is 5.75 Å². The molecule has 0 radical (unpaired) electrons. The highest BCUT2D eigenvalue weighted by molar-refractivity contribution is 6.18. The number of aryl methyl sites for hydroxylation is 1. The van der Waals surface area contributed by atoms with Crippen LogP contribution in [0.15, 0.2) is 18.2 Å². The van der Waals surface area contributed by atoms with Crippen molar-refractivity contribution < 1.29 is 9.53 Å². The third-order valence-corrected chi connectivity index (χ3v) is 3.51. The van der Waals surface area contributed by atoms with Gasteiger partial charge in [0, 0.05) is 12.3 Å². The van der Waals surface area contributed by atoms with Crippen LogP contribution in [0.4, 0.5) is 0 Å². The van der Waals surface area contributed by atoms with Gasteiger partial charge in [0.15, 0.2) is 0 Å². The first-order chi connectivity index (χ1) is 8.74. The summed E-state index contributed by atoms with van der Waals surface area (Å²) in [6, 6.07) is 6.19. The molecule has 1 atom stereocenters. The van der Waals surface area contributed by atoms with Crippen LogP contribution in [0, 0.1) is 0 Å². The van der Waals surface area contributed by atoms with Gasteiger partial charge in [0.25, 0.3) is 0 Å². The number of methoxy groups -OCH3 is 1. The SMILES string of the molecule is COc1ccc2c(c1)[C@@H](NC(=O)CCCl)CCC2. The molecule has 1 aliphatic rings. The highest BCUT2D eigenvalue weighted by atomic mass is 35.5. The highest BCUT2D eigenvalue weighted by Gasteiger charge is 2.22. The molecular formula is C14H18ClNO2. The van der Waals surface area contributed by atoms with Crippen molar-refractivity contribution in [3.63, 3.8) is 0 Å². The first kappa shape index (κ1) is 13.2.